The topological polar surface area (TPSA) is 99.9 Å². The molecule has 2 amide bonds. The summed E-state index contributed by atoms with van der Waals surface area (Å²) in [4.78, 5) is 35.7. The van der Waals surface area contributed by atoms with Crippen molar-refractivity contribution < 1.29 is 23.9 Å². The van der Waals surface area contributed by atoms with Gasteiger partial charge in [-0.25, -0.2) is 0 Å². The fraction of sp³-hybridized carbons (Fsp3) is 0.500. The molecule has 0 radical (unpaired) electrons. The summed E-state index contributed by atoms with van der Waals surface area (Å²) in [6.45, 7) is 3.98. The Hall–Kier alpha value is -2.31. The zero-order valence-electron chi connectivity index (χ0n) is 12.2. The number of rotatable bonds is 8. The van der Waals surface area contributed by atoms with Crippen molar-refractivity contribution >= 4 is 17.8 Å². The van der Waals surface area contributed by atoms with E-state index in [2.05, 4.69) is 5.32 Å². The molecule has 2 N–H and O–H groups in total. The summed E-state index contributed by atoms with van der Waals surface area (Å²) in [6.07, 6.45) is 1.42. The SMILES string of the molecule is CC(C)N(CCC(=O)O)C(=O)CCNC(=O)c1ccco1. The van der Waals surface area contributed by atoms with E-state index in [0.717, 1.165) is 0 Å². The van der Waals surface area contributed by atoms with Crippen molar-refractivity contribution in [1.29, 1.82) is 0 Å². The Balaban J connectivity index is 2.39. The van der Waals surface area contributed by atoms with Gasteiger partial charge in [-0.05, 0) is 26.0 Å². The molecule has 1 rings (SSSR count). The normalized spacial score (nSPS) is 10.4. The molecule has 0 fully saturated rings. The fourth-order valence-corrected chi connectivity index (χ4v) is 1.81. The van der Waals surface area contributed by atoms with Crippen LogP contribution in [0.2, 0.25) is 0 Å². The molecule has 0 bridgehead atoms. The van der Waals surface area contributed by atoms with Gasteiger partial charge in [-0.15, -0.1) is 0 Å². The van der Waals surface area contributed by atoms with Crippen LogP contribution in [0.3, 0.4) is 0 Å². The number of nitrogens with zero attached hydrogens (tertiary/aromatic N) is 1. The number of furan rings is 1. The Labute approximate surface area is 122 Å². The van der Waals surface area contributed by atoms with Crippen LogP contribution in [0.15, 0.2) is 22.8 Å². The minimum Gasteiger partial charge on any atom is -0.481 e. The molecule has 1 aromatic heterocycles. The lowest BCUT2D eigenvalue weighted by Gasteiger charge is -2.26. The van der Waals surface area contributed by atoms with Gasteiger partial charge in [-0.3, -0.25) is 14.4 Å². The first-order valence-corrected chi connectivity index (χ1v) is 6.74. The Morgan fingerprint density at radius 2 is 2.05 bits per heavy atom. The quantitative estimate of drug-likeness (QED) is 0.748. The Kier molecular flexibility index (Phi) is 6.45. The zero-order chi connectivity index (χ0) is 15.8. The first-order valence-electron chi connectivity index (χ1n) is 6.74. The molecule has 1 aromatic rings. The van der Waals surface area contributed by atoms with E-state index in [9.17, 15) is 14.4 Å². The number of amides is 2. The number of carbonyl (C=O) groups excluding carboxylic acids is 2. The number of carboxylic acid groups (broad SMARTS) is 1. The van der Waals surface area contributed by atoms with Gasteiger partial charge in [0.1, 0.15) is 0 Å². The van der Waals surface area contributed by atoms with E-state index in [1.165, 1.54) is 17.2 Å². The minimum atomic E-state index is -0.945. The van der Waals surface area contributed by atoms with Crippen molar-refractivity contribution in [3.8, 4) is 0 Å². The van der Waals surface area contributed by atoms with Crippen LogP contribution in [0.25, 0.3) is 0 Å². The lowest BCUT2D eigenvalue weighted by Crippen LogP contribution is -2.40. The fourth-order valence-electron chi connectivity index (χ4n) is 1.81. The summed E-state index contributed by atoms with van der Waals surface area (Å²) in [5.74, 6) is -1.32. The van der Waals surface area contributed by atoms with Gasteiger partial charge < -0.3 is 19.7 Å². The van der Waals surface area contributed by atoms with Gasteiger partial charge >= 0.3 is 5.97 Å². The van der Waals surface area contributed by atoms with Gasteiger partial charge in [0.2, 0.25) is 5.91 Å². The maximum absolute atomic E-state index is 12.0. The molecular weight excluding hydrogens is 276 g/mol. The molecule has 0 aromatic carbocycles. The van der Waals surface area contributed by atoms with E-state index in [0.29, 0.717) is 0 Å². The van der Waals surface area contributed by atoms with Crippen LogP contribution in [-0.4, -0.2) is 46.9 Å². The highest BCUT2D eigenvalue weighted by Gasteiger charge is 2.18. The molecule has 0 unspecified atom stereocenters. The first kappa shape index (κ1) is 16.7. The lowest BCUT2D eigenvalue weighted by atomic mass is 10.2. The molecule has 0 spiro atoms. The van der Waals surface area contributed by atoms with Crippen LogP contribution in [0, 0.1) is 0 Å². The molecule has 0 saturated carbocycles. The lowest BCUT2D eigenvalue weighted by molar-refractivity contribution is -0.139. The third kappa shape index (κ3) is 5.68. The van der Waals surface area contributed by atoms with Crippen LogP contribution >= 0.6 is 0 Å². The van der Waals surface area contributed by atoms with E-state index >= 15 is 0 Å². The molecule has 21 heavy (non-hydrogen) atoms. The third-order valence-corrected chi connectivity index (χ3v) is 2.88. The van der Waals surface area contributed by atoms with E-state index in [4.69, 9.17) is 9.52 Å². The van der Waals surface area contributed by atoms with Crippen molar-refractivity contribution in [3.63, 3.8) is 0 Å². The third-order valence-electron chi connectivity index (χ3n) is 2.88. The summed E-state index contributed by atoms with van der Waals surface area (Å²) in [7, 11) is 0. The second-order valence-electron chi connectivity index (χ2n) is 4.81. The number of aliphatic carboxylic acids is 1. The van der Waals surface area contributed by atoms with Gasteiger partial charge in [0.25, 0.3) is 5.91 Å². The van der Waals surface area contributed by atoms with E-state index in [1.54, 1.807) is 6.07 Å². The van der Waals surface area contributed by atoms with Crippen LogP contribution in [-0.2, 0) is 9.59 Å². The summed E-state index contributed by atoms with van der Waals surface area (Å²) in [5.41, 5.74) is 0. The molecule has 7 heteroatoms. The highest BCUT2D eigenvalue weighted by molar-refractivity contribution is 5.91. The number of hydrogen-bond donors (Lipinski definition) is 2. The predicted octanol–water partition coefficient (Wildman–Crippen LogP) is 1.11. The number of carboxylic acids is 1. The summed E-state index contributed by atoms with van der Waals surface area (Å²) >= 11 is 0. The van der Waals surface area contributed by atoms with Crippen LogP contribution < -0.4 is 5.32 Å². The van der Waals surface area contributed by atoms with Crippen LogP contribution in [0.1, 0.15) is 37.2 Å². The molecule has 7 nitrogen and oxygen atoms in total. The van der Waals surface area contributed by atoms with E-state index in [-0.39, 0.29) is 49.5 Å². The maximum Gasteiger partial charge on any atom is 0.305 e. The highest BCUT2D eigenvalue weighted by Crippen LogP contribution is 2.04. The average molecular weight is 296 g/mol. The standard InChI is InChI=1S/C14H20N2O5/c1-10(2)16(8-6-13(18)19)12(17)5-7-15-14(20)11-4-3-9-21-11/h3-4,9-10H,5-8H2,1-2H3,(H,15,20)(H,18,19). The predicted molar refractivity (Wildman–Crippen MR) is 74.8 cm³/mol. The van der Waals surface area contributed by atoms with Gasteiger partial charge in [-0.1, -0.05) is 0 Å². The molecule has 1 heterocycles. The van der Waals surface area contributed by atoms with Crippen molar-refractivity contribution in [2.24, 2.45) is 0 Å². The molecule has 0 aliphatic carbocycles. The average Bonchev–Trinajstić information content (AvgIpc) is 2.91. The molecule has 0 aliphatic rings. The minimum absolute atomic E-state index is 0.0855. The number of nitrogens with one attached hydrogen (secondary N) is 1. The molecule has 0 saturated heterocycles. The molecule has 0 aliphatic heterocycles. The Bertz CT molecular complexity index is 482. The monoisotopic (exact) mass is 296 g/mol. The number of hydrogen-bond acceptors (Lipinski definition) is 4. The molecular formula is C14H20N2O5. The maximum atomic E-state index is 12.0. The van der Waals surface area contributed by atoms with Crippen molar-refractivity contribution in [3.05, 3.63) is 24.2 Å². The summed E-state index contributed by atoms with van der Waals surface area (Å²) in [5, 5.41) is 11.3. The molecule has 0 atom stereocenters. The number of carbonyl (C=O) groups is 3. The second kappa shape index (κ2) is 8.08. The smallest absolute Gasteiger partial charge is 0.305 e. The van der Waals surface area contributed by atoms with Gasteiger partial charge in [0.05, 0.1) is 12.7 Å². The van der Waals surface area contributed by atoms with E-state index < -0.39 is 5.97 Å². The summed E-state index contributed by atoms with van der Waals surface area (Å²) < 4.78 is 4.93. The van der Waals surface area contributed by atoms with Crippen LogP contribution in [0.5, 0.6) is 0 Å². The summed E-state index contributed by atoms with van der Waals surface area (Å²) in [6, 6.07) is 3.05. The van der Waals surface area contributed by atoms with E-state index in [1.807, 2.05) is 13.8 Å². The van der Waals surface area contributed by atoms with Gasteiger partial charge in [0, 0.05) is 25.6 Å². The highest BCUT2D eigenvalue weighted by atomic mass is 16.4. The van der Waals surface area contributed by atoms with Crippen molar-refractivity contribution in [2.45, 2.75) is 32.7 Å². The Morgan fingerprint density at radius 3 is 2.57 bits per heavy atom. The van der Waals surface area contributed by atoms with Gasteiger partial charge in [-0.2, -0.15) is 0 Å². The Morgan fingerprint density at radius 1 is 1.33 bits per heavy atom. The second-order valence-corrected chi connectivity index (χ2v) is 4.81. The first-order chi connectivity index (χ1) is 9.91. The van der Waals surface area contributed by atoms with Crippen molar-refractivity contribution in [1.82, 2.24) is 10.2 Å². The molecule has 116 valence electrons. The van der Waals surface area contributed by atoms with Crippen molar-refractivity contribution in [2.75, 3.05) is 13.1 Å². The van der Waals surface area contributed by atoms with Crippen LogP contribution in [0.4, 0.5) is 0 Å². The zero-order valence-corrected chi connectivity index (χ0v) is 12.2. The van der Waals surface area contributed by atoms with Gasteiger partial charge in [0.15, 0.2) is 5.76 Å². The largest absolute Gasteiger partial charge is 0.481 e.